The minimum atomic E-state index is -0.705. The first-order valence-electron chi connectivity index (χ1n) is 7.08. The maximum absolute atomic E-state index is 12.0. The first kappa shape index (κ1) is 14.8. The van der Waals surface area contributed by atoms with Crippen LogP contribution in [-0.2, 0) is 4.79 Å². The summed E-state index contributed by atoms with van der Waals surface area (Å²) in [7, 11) is 0. The first-order valence-corrected chi connectivity index (χ1v) is 7.08. The number of rotatable bonds is 3. The zero-order valence-electron chi connectivity index (χ0n) is 12.7. The number of β-amino-alcohol motifs (C(OH)–C–C–N with tert-alkyl or cyclic N) is 1. The number of hydrogen-bond acceptors (Lipinski definition) is 2. The fourth-order valence-corrected chi connectivity index (χ4v) is 2.41. The molecule has 0 bridgehead atoms. The molecule has 0 radical (unpaired) electrons. The van der Waals surface area contributed by atoms with Crippen molar-refractivity contribution in [2.24, 2.45) is 5.92 Å². The van der Waals surface area contributed by atoms with Gasteiger partial charge in [-0.25, -0.2) is 0 Å². The highest BCUT2D eigenvalue weighted by molar-refractivity contribution is 5.92. The second-order valence-corrected chi connectivity index (χ2v) is 6.15. The van der Waals surface area contributed by atoms with Crippen molar-refractivity contribution in [1.29, 1.82) is 0 Å². The van der Waals surface area contributed by atoms with Gasteiger partial charge in [0.15, 0.2) is 0 Å². The van der Waals surface area contributed by atoms with E-state index in [9.17, 15) is 9.90 Å². The summed E-state index contributed by atoms with van der Waals surface area (Å²) in [5.41, 5.74) is 2.74. The van der Waals surface area contributed by atoms with Gasteiger partial charge in [0.25, 0.3) is 0 Å². The Labute approximate surface area is 120 Å². The Kier molecular flexibility index (Phi) is 4.00. The number of nitrogens with zero attached hydrogens (tertiary/aromatic N) is 1. The fraction of sp³-hybridized carbons (Fsp3) is 0.471. The minimum Gasteiger partial charge on any atom is -0.386 e. The van der Waals surface area contributed by atoms with E-state index in [2.05, 4.69) is 13.0 Å². The molecule has 1 aromatic carbocycles. The predicted molar refractivity (Wildman–Crippen MR) is 81.3 cm³/mol. The number of aryl methyl sites for hydroxylation is 2. The van der Waals surface area contributed by atoms with E-state index in [0.717, 1.165) is 11.1 Å². The van der Waals surface area contributed by atoms with Crippen molar-refractivity contribution < 1.29 is 9.90 Å². The van der Waals surface area contributed by atoms with Crippen molar-refractivity contribution in [3.05, 3.63) is 41.0 Å². The summed E-state index contributed by atoms with van der Waals surface area (Å²) in [5, 5.41) is 10.1. The lowest BCUT2D eigenvalue weighted by Crippen LogP contribution is -2.65. The largest absolute Gasteiger partial charge is 0.386 e. The van der Waals surface area contributed by atoms with Gasteiger partial charge in [0, 0.05) is 6.08 Å². The molecule has 3 heteroatoms. The second kappa shape index (κ2) is 5.41. The summed E-state index contributed by atoms with van der Waals surface area (Å²) >= 11 is 0. The van der Waals surface area contributed by atoms with Crippen molar-refractivity contribution in [2.75, 3.05) is 13.1 Å². The Morgan fingerprint density at radius 3 is 2.55 bits per heavy atom. The number of likely N-dealkylation sites (tertiary alicyclic amines) is 1. The Bertz CT molecular complexity index is 540. The van der Waals surface area contributed by atoms with Crippen molar-refractivity contribution in [1.82, 2.24) is 4.90 Å². The maximum Gasteiger partial charge on any atom is 0.246 e. The molecule has 1 fully saturated rings. The molecule has 1 heterocycles. The van der Waals surface area contributed by atoms with E-state index >= 15 is 0 Å². The molecule has 1 aliphatic rings. The molecule has 1 aliphatic heterocycles. The van der Waals surface area contributed by atoms with Crippen molar-refractivity contribution >= 4 is 12.0 Å². The molecule has 0 spiro atoms. The van der Waals surface area contributed by atoms with E-state index in [1.807, 2.05) is 39.0 Å². The smallest absolute Gasteiger partial charge is 0.246 e. The van der Waals surface area contributed by atoms with Gasteiger partial charge in [-0.3, -0.25) is 4.79 Å². The zero-order chi connectivity index (χ0) is 14.9. The van der Waals surface area contributed by atoms with Crippen LogP contribution in [0.25, 0.3) is 6.08 Å². The van der Waals surface area contributed by atoms with Crippen LogP contribution >= 0.6 is 0 Å². The molecule has 0 aliphatic carbocycles. The average Bonchev–Trinajstić information content (AvgIpc) is 2.33. The summed E-state index contributed by atoms with van der Waals surface area (Å²) in [6.45, 7) is 8.92. The SMILES string of the molecule is Cc1ccc(C=CC(=O)N2CC(O)(C(C)C)C2)c(C)c1. The molecule has 0 atom stereocenters. The molecule has 108 valence electrons. The quantitative estimate of drug-likeness (QED) is 0.860. The number of hydrogen-bond donors (Lipinski definition) is 1. The summed E-state index contributed by atoms with van der Waals surface area (Å²) in [5.74, 6) is 0.144. The molecule has 1 N–H and O–H groups in total. The number of carbonyl (C=O) groups is 1. The standard InChI is InChI=1S/C17H23NO2/c1-12(2)17(20)10-18(11-17)16(19)8-7-15-6-5-13(3)9-14(15)4/h5-9,12,20H,10-11H2,1-4H3. The van der Waals surface area contributed by atoms with Crippen molar-refractivity contribution in [3.8, 4) is 0 Å². The van der Waals surface area contributed by atoms with Gasteiger partial charge in [0.2, 0.25) is 5.91 Å². The highest BCUT2D eigenvalue weighted by atomic mass is 16.3. The summed E-state index contributed by atoms with van der Waals surface area (Å²) in [4.78, 5) is 13.7. The molecule has 1 saturated heterocycles. The molecule has 1 amide bonds. The lowest BCUT2D eigenvalue weighted by molar-refractivity contribution is -0.158. The van der Waals surface area contributed by atoms with Gasteiger partial charge in [-0.05, 0) is 37.0 Å². The van der Waals surface area contributed by atoms with Crippen LogP contribution in [0.4, 0.5) is 0 Å². The van der Waals surface area contributed by atoms with Crippen LogP contribution in [0.1, 0.15) is 30.5 Å². The molecule has 0 unspecified atom stereocenters. The molecule has 0 saturated carbocycles. The average molecular weight is 273 g/mol. The summed E-state index contributed by atoms with van der Waals surface area (Å²) in [6, 6.07) is 6.17. The summed E-state index contributed by atoms with van der Waals surface area (Å²) < 4.78 is 0. The van der Waals surface area contributed by atoms with Gasteiger partial charge < -0.3 is 10.0 Å². The molecule has 0 aromatic heterocycles. The van der Waals surface area contributed by atoms with Gasteiger partial charge in [0.1, 0.15) is 5.60 Å². The van der Waals surface area contributed by atoms with Gasteiger partial charge in [0.05, 0.1) is 13.1 Å². The maximum atomic E-state index is 12.0. The Morgan fingerprint density at radius 1 is 1.35 bits per heavy atom. The number of aliphatic hydroxyl groups is 1. The van der Waals surface area contributed by atoms with E-state index in [4.69, 9.17) is 0 Å². The fourth-order valence-electron chi connectivity index (χ4n) is 2.41. The number of carbonyl (C=O) groups excluding carboxylic acids is 1. The molecule has 3 nitrogen and oxygen atoms in total. The van der Waals surface area contributed by atoms with Crippen molar-refractivity contribution in [2.45, 2.75) is 33.3 Å². The normalized spacial score (nSPS) is 17.6. The van der Waals surface area contributed by atoms with Crippen LogP contribution in [0.2, 0.25) is 0 Å². The molecule has 20 heavy (non-hydrogen) atoms. The third-order valence-corrected chi connectivity index (χ3v) is 4.15. The second-order valence-electron chi connectivity index (χ2n) is 6.15. The van der Waals surface area contributed by atoms with Gasteiger partial charge in [-0.2, -0.15) is 0 Å². The van der Waals surface area contributed by atoms with Crippen LogP contribution in [0.3, 0.4) is 0 Å². The van der Waals surface area contributed by atoms with Crippen LogP contribution in [-0.4, -0.2) is 34.6 Å². The molecule has 2 rings (SSSR count). The predicted octanol–water partition coefficient (Wildman–Crippen LogP) is 2.55. The third kappa shape index (κ3) is 2.93. The molecular weight excluding hydrogens is 250 g/mol. The third-order valence-electron chi connectivity index (χ3n) is 4.15. The Morgan fingerprint density at radius 2 is 2.00 bits per heavy atom. The monoisotopic (exact) mass is 273 g/mol. The van der Waals surface area contributed by atoms with Crippen LogP contribution in [0.15, 0.2) is 24.3 Å². The summed E-state index contributed by atoms with van der Waals surface area (Å²) in [6.07, 6.45) is 3.45. The highest BCUT2D eigenvalue weighted by Crippen LogP contribution is 2.28. The van der Waals surface area contributed by atoms with E-state index < -0.39 is 5.60 Å². The van der Waals surface area contributed by atoms with Crippen LogP contribution < -0.4 is 0 Å². The van der Waals surface area contributed by atoms with E-state index in [1.165, 1.54) is 5.56 Å². The topological polar surface area (TPSA) is 40.5 Å². The van der Waals surface area contributed by atoms with E-state index in [1.54, 1.807) is 11.0 Å². The lowest BCUT2D eigenvalue weighted by atomic mass is 9.83. The van der Waals surface area contributed by atoms with Crippen LogP contribution in [0.5, 0.6) is 0 Å². The Hall–Kier alpha value is -1.61. The van der Waals surface area contributed by atoms with E-state index in [-0.39, 0.29) is 11.8 Å². The van der Waals surface area contributed by atoms with Gasteiger partial charge in [-0.1, -0.05) is 37.6 Å². The molecule has 1 aromatic rings. The van der Waals surface area contributed by atoms with Crippen LogP contribution in [0, 0.1) is 19.8 Å². The molecular formula is C17H23NO2. The van der Waals surface area contributed by atoms with Gasteiger partial charge >= 0.3 is 0 Å². The minimum absolute atomic E-state index is 0.0321. The first-order chi connectivity index (χ1) is 9.32. The lowest BCUT2D eigenvalue weighted by Gasteiger charge is -2.48. The van der Waals surface area contributed by atoms with E-state index in [0.29, 0.717) is 13.1 Å². The van der Waals surface area contributed by atoms with Gasteiger partial charge in [-0.15, -0.1) is 0 Å². The zero-order valence-corrected chi connectivity index (χ0v) is 12.7. The van der Waals surface area contributed by atoms with Crippen molar-refractivity contribution in [3.63, 3.8) is 0 Å². The number of amides is 1. The Balaban J connectivity index is 1.98. The number of benzene rings is 1. The highest BCUT2D eigenvalue weighted by Gasteiger charge is 2.45.